The van der Waals surface area contributed by atoms with Gasteiger partial charge in [0, 0.05) is 12.5 Å². The number of imidazole rings is 1. The Kier molecular flexibility index (Phi) is 9.42. The molecule has 240 valence electrons. The van der Waals surface area contributed by atoms with Crippen LogP contribution >= 0.6 is 0 Å². The molecule has 0 amide bonds. The summed E-state index contributed by atoms with van der Waals surface area (Å²) in [6.07, 6.45) is 9.30. The Bertz CT molecular complexity index is 1730. The van der Waals surface area contributed by atoms with Crippen molar-refractivity contribution >= 4 is 28.9 Å². The van der Waals surface area contributed by atoms with Gasteiger partial charge in [0.1, 0.15) is 11.3 Å². The summed E-state index contributed by atoms with van der Waals surface area (Å²) in [5.41, 5.74) is 3.35. The third-order valence-electron chi connectivity index (χ3n) is 9.18. The molecule has 6 rings (SSSR count). The van der Waals surface area contributed by atoms with Gasteiger partial charge in [-0.15, -0.1) is 10.2 Å². The number of benzene rings is 2. The average Bonchev–Trinajstić information content (AvgIpc) is 3.47. The lowest BCUT2D eigenvalue weighted by Gasteiger charge is -2.20. The van der Waals surface area contributed by atoms with Gasteiger partial charge in [0.2, 0.25) is 0 Å². The Morgan fingerprint density at radius 2 is 1.37 bits per heavy atom. The Morgan fingerprint density at radius 1 is 0.804 bits per heavy atom. The van der Waals surface area contributed by atoms with Gasteiger partial charge in [0.15, 0.2) is 5.52 Å². The first-order chi connectivity index (χ1) is 22.3. The van der Waals surface area contributed by atoms with Crippen LogP contribution in [0.15, 0.2) is 48.5 Å². The number of esters is 2. The number of carbonyl (C=O) groups is 3. The van der Waals surface area contributed by atoms with Crippen molar-refractivity contribution in [1.82, 2.24) is 19.7 Å². The van der Waals surface area contributed by atoms with Gasteiger partial charge in [-0.3, -0.25) is 9.59 Å². The zero-order valence-electron chi connectivity index (χ0n) is 26.4. The molecule has 1 N–H and O–H groups in total. The van der Waals surface area contributed by atoms with Crippen LogP contribution in [0.2, 0.25) is 0 Å². The second-order valence-corrected chi connectivity index (χ2v) is 12.8. The van der Waals surface area contributed by atoms with E-state index < -0.39 is 5.97 Å². The van der Waals surface area contributed by atoms with Gasteiger partial charge in [-0.05, 0) is 48.4 Å². The first-order valence-corrected chi connectivity index (χ1v) is 16.4. The van der Waals surface area contributed by atoms with E-state index >= 15 is 0 Å². The number of nitrogens with zero attached hydrogens (tertiary/aromatic N) is 4. The molecule has 0 aliphatic heterocycles. The van der Waals surface area contributed by atoms with E-state index in [4.69, 9.17) is 14.5 Å². The maximum absolute atomic E-state index is 13.3. The number of carboxylic acids is 1. The smallest absolute Gasteiger partial charge is 0.336 e. The molecule has 10 heteroatoms. The lowest BCUT2D eigenvalue weighted by Crippen LogP contribution is -2.24. The molecule has 2 aliphatic rings. The van der Waals surface area contributed by atoms with Gasteiger partial charge < -0.3 is 19.1 Å². The van der Waals surface area contributed by atoms with E-state index in [2.05, 4.69) is 10.2 Å². The van der Waals surface area contributed by atoms with Crippen LogP contribution in [-0.2, 0) is 16.1 Å². The van der Waals surface area contributed by atoms with Crippen molar-refractivity contribution in [2.75, 3.05) is 0 Å². The van der Waals surface area contributed by atoms with Crippen molar-refractivity contribution in [3.05, 3.63) is 65.5 Å². The average molecular weight is 625 g/mol. The van der Waals surface area contributed by atoms with E-state index in [0.717, 1.165) is 75.3 Å². The Balaban J connectivity index is 1.39. The summed E-state index contributed by atoms with van der Waals surface area (Å²) in [5.74, 6) is -1.29. The van der Waals surface area contributed by atoms with Crippen molar-refractivity contribution in [2.45, 2.75) is 90.5 Å². The molecule has 0 bridgehead atoms. The fourth-order valence-electron chi connectivity index (χ4n) is 6.69. The molecule has 0 radical (unpaired) electrons. The van der Waals surface area contributed by atoms with Gasteiger partial charge >= 0.3 is 17.9 Å². The highest BCUT2D eigenvalue weighted by Crippen LogP contribution is 2.36. The number of ether oxygens (including phenoxy) is 2. The lowest BCUT2D eigenvalue weighted by molar-refractivity contribution is -0.141. The molecular weight excluding hydrogens is 584 g/mol. The number of rotatable bonds is 9. The van der Waals surface area contributed by atoms with Crippen molar-refractivity contribution in [2.24, 2.45) is 11.8 Å². The number of hydrogen-bond acceptors (Lipinski definition) is 8. The monoisotopic (exact) mass is 624 g/mol. The van der Waals surface area contributed by atoms with Crippen LogP contribution in [0, 0.1) is 11.8 Å². The third-order valence-corrected chi connectivity index (χ3v) is 9.18. The summed E-state index contributed by atoms with van der Waals surface area (Å²) < 4.78 is 13.8. The minimum atomic E-state index is -0.984. The minimum absolute atomic E-state index is 0.0179. The van der Waals surface area contributed by atoms with Crippen LogP contribution in [0.4, 0.5) is 0 Å². The van der Waals surface area contributed by atoms with Crippen molar-refractivity contribution in [1.29, 1.82) is 0 Å². The SMILES string of the molecule is CC(C)c1nc2c(OC(=O)C3CCCCC3)nnc(OC(=O)C3CCCCC3)c2n1Cc1ccc(-c2ccccc2C(=O)O)cc1. The van der Waals surface area contributed by atoms with Crippen molar-refractivity contribution in [3.8, 4) is 22.9 Å². The van der Waals surface area contributed by atoms with E-state index in [1.807, 2.05) is 48.7 Å². The van der Waals surface area contributed by atoms with Gasteiger partial charge in [-0.1, -0.05) is 94.8 Å². The van der Waals surface area contributed by atoms with E-state index in [1.165, 1.54) is 0 Å². The maximum atomic E-state index is 13.3. The minimum Gasteiger partial charge on any atom is -0.478 e. The number of carbonyl (C=O) groups excluding carboxylic acids is 2. The number of aromatic carboxylic acids is 1. The molecule has 10 nitrogen and oxygen atoms in total. The van der Waals surface area contributed by atoms with Crippen LogP contribution < -0.4 is 9.47 Å². The van der Waals surface area contributed by atoms with Gasteiger partial charge in [-0.2, -0.15) is 0 Å². The fraction of sp³-hybridized carbons (Fsp3) is 0.444. The number of fused-ring (bicyclic) bond motifs is 1. The highest BCUT2D eigenvalue weighted by Gasteiger charge is 2.30. The first kappa shape index (κ1) is 31.4. The summed E-state index contributed by atoms with van der Waals surface area (Å²) in [4.78, 5) is 43.2. The first-order valence-electron chi connectivity index (χ1n) is 16.4. The molecule has 4 aromatic rings. The number of aromatic nitrogens is 4. The zero-order chi connectivity index (χ0) is 32.2. The summed E-state index contributed by atoms with van der Waals surface area (Å²) >= 11 is 0. The highest BCUT2D eigenvalue weighted by molar-refractivity contribution is 5.96. The lowest BCUT2D eigenvalue weighted by atomic mass is 9.89. The second-order valence-electron chi connectivity index (χ2n) is 12.8. The Hall–Kier alpha value is -4.60. The molecule has 0 atom stereocenters. The summed E-state index contributed by atoms with van der Waals surface area (Å²) in [6, 6.07) is 14.6. The third kappa shape index (κ3) is 6.66. The molecule has 2 saturated carbocycles. The van der Waals surface area contributed by atoms with Crippen LogP contribution in [0.3, 0.4) is 0 Å². The number of carboxylic acid groups (broad SMARTS) is 1. The van der Waals surface area contributed by atoms with E-state index in [9.17, 15) is 19.5 Å². The summed E-state index contributed by atoms with van der Waals surface area (Å²) in [7, 11) is 0. The molecule has 0 spiro atoms. The topological polar surface area (TPSA) is 134 Å². The molecule has 2 heterocycles. The highest BCUT2D eigenvalue weighted by atomic mass is 16.6. The number of hydrogen-bond donors (Lipinski definition) is 1. The summed E-state index contributed by atoms with van der Waals surface area (Å²) in [5, 5.41) is 18.2. The quantitative estimate of drug-likeness (QED) is 0.190. The second kappa shape index (κ2) is 13.8. The molecular formula is C36H40N4O6. The summed E-state index contributed by atoms with van der Waals surface area (Å²) in [6.45, 7) is 4.40. The fourth-order valence-corrected chi connectivity index (χ4v) is 6.69. The van der Waals surface area contributed by atoms with E-state index in [1.54, 1.807) is 18.2 Å². The predicted molar refractivity (Wildman–Crippen MR) is 172 cm³/mol. The van der Waals surface area contributed by atoms with Crippen LogP contribution in [0.1, 0.15) is 106 Å². The van der Waals surface area contributed by atoms with E-state index in [-0.39, 0.29) is 47.0 Å². The normalized spacial score (nSPS) is 16.1. The zero-order valence-corrected chi connectivity index (χ0v) is 26.4. The Labute approximate surface area is 268 Å². The van der Waals surface area contributed by atoms with E-state index in [0.29, 0.717) is 29.0 Å². The van der Waals surface area contributed by atoms with Gasteiger partial charge in [0.05, 0.1) is 17.4 Å². The predicted octanol–water partition coefficient (Wildman–Crippen LogP) is 7.33. The van der Waals surface area contributed by atoms with Crippen molar-refractivity contribution < 1.29 is 29.0 Å². The van der Waals surface area contributed by atoms with Crippen LogP contribution in [0.5, 0.6) is 11.8 Å². The van der Waals surface area contributed by atoms with Crippen LogP contribution in [0.25, 0.3) is 22.2 Å². The largest absolute Gasteiger partial charge is 0.478 e. The molecule has 0 unspecified atom stereocenters. The molecule has 46 heavy (non-hydrogen) atoms. The Morgan fingerprint density at radius 3 is 1.96 bits per heavy atom. The van der Waals surface area contributed by atoms with Gasteiger partial charge in [0.25, 0.3) is 11.8 Å². The standard InChI is InChI=1S/C36H40N4O6/c1-22(2)31-37-29-30(40(31)21-23-17-19-24(20-18-23)27-15-9-10-16-28(27)34(41)42)33(46-36(44)26-13-7-4-8-14-26)39-38-32(29)45-35(43)25-11-5-3-6-12-25/h9-10,15-20,22,25-26H,3-8,11-14,21H2,1-2H3,(H,41,42). The van der Waals surface area contributed by atoms with Gasteiger partial charge in [-0.25, -0.2) is 9.78 Å². The molecule has 2 aromatic carbocycles. The van der Waals surface area contributed by atoms with Crippen LogP contribution in [-0.4, -0.2) is 42.8 Å². The molecule has 2 fully saturated rings. The van der Waals surface area contributed by atoms with Crippen molar-refractivity contribution in [3.63, 3.8) is 0 Å². The molecule has 2 aromatic heterocycles. The maximum Gasteiger partial charge on any atom is 0.336 e. The molecule has 2 aliphatic carbocycles. The molecule has 0 saturated heterocycles.